The Morgan fingerprint density at radius 3 is 2.74 bits per heavy atom. The highest BCUT2D eigenvalue weighted by molar-refractivity contribution is 7.89. The van der Waals surface area contributed by atoms with E-state index in [1.165, 1.54) is 36.4 Å². The number of fused-ring (bicyclic) bond motifs is 1. The lowest BCUT2D eigenvalue weighted by Crippen LogP contribution is -2.47. The van der Waals surface area contributed by atoms with Gasteiger partial charge in [0.2, 0.25) is 15.9 Å². The molecule has 2 fully saturated rings. The molecule has 1 N–H and O–H groups in total. The van der Waals surface area contributed by atoms with Crippen LogP contribution in [-0.2, 0) is 21.4 Å². The van der Waals surface area contributed by atoms with Gasteiger partial charge in [-0.2, -0.15) is 4.31 Å². The van der Waals surface area contributed by atoms with Gasteiger partial charge < -0.3 is 10.2 Å². The van der Waals surface area contributed by atoms with Gasteiger partial charge in [0.15, 0.2) is 0 Å². The lowest BCUT2D eigenvalue weighted by Gasteiger charge is -2.32. The molecule has 2 aliphatic rings. The number of carbonyl (C=O) groups excluding carboxylic acids is 1. The van der Waals surface area contributed by atoms with Gasteiger partial charge in [-0.25, -0.2) is 13.1 Å². The van der Waals surface area contributed by atoms with Crippen LogP contribution in [0.1, 0.15) is 58.3 Å². The van der Waals surface area contributed by atoms with Gasteiger partial charge >= 0.3 is 0 Å². The molecule has 0 radical (unpaired) electrons. The predicted molar refractivity (Wildman–Crippen MR) is 132 cm³/mol. The van der Waals surface area contributed by atoms with Crippen molar-refractivity contribution in [1.82, 2.24) is 29.5 Å². The minimum absolute atomic E-state index is 0.0464. The molecule has 1 aliphatic carbocycles. The van der Waals surface area contributed by atoms with Crippen molar-refractivity contribution in [2.45, 2.75) is 75.8 Å². The van der Waals surface area contributed by atoms with E-state index >= 15 is 0 Å². The predicted octanol–water partition coefficient (Wildman–Crippen LogP) is 2.62. The van der Waals surface area contributed by atoms with Crippen molar-refractivity contribution in [3.05, 3.63) is 18.2 Å². The van der Waals surface area contributed by atoms with Crippen LogP contribution in [0, 0.1) is 5.92 Å². The second-order valence-corrected chi connectivity index (χ2v) is 11.7. The number of aromatic nitrogens is 3. The van der Waals surface area contributed by atoms with Gasteiger partial charge in [-0.05, 0) is 57.4 Å². The standard InChI is InChI=1S/C24H38N6O3S/c1-3-14-30-23-12-11-21(17-22(23)26-27-30)34(32,33)29-15-7-8-19(18-29)24(31)25-13-16-28(2)20-9-5-4-6-10-20/h11-12,17,19-20H,3-10,13-16,18H2,1-2H3,(H,25,31). The average Bonchev–Trinajstić information content (AvgIpc) is 3.27. The lowest BCUT2D eigenvalue weighted by molar-refractivity contribution is -0.126. The van der Waals surface area contributed by atoms with Crippen molar-refractivity contribution in [2.75, 3.05) is 33.2 Å². The largest absolute Gasteiger partial charge is 0.355 e. The Labute approximate surface area is 202 Å². The quantitative estimate of drug-likeness (QED) is 0.580. The Bertz CT molecular complexity index is 1080. The number of hydrogen-bond acceptors (Lipinski definition) is 6. The Morgan fingerprint density at radius 1 is 1.18 bits per heavy atom. The smallest absolute Gasteiger partial charge is 0.243 e. The topological polar surface area (TPSA) is 100 Å². The molecule has 2 aromatic rings. The average molecular weight is 491 g/mol. The first-order chi connectivity index (χ1) is 16.4. The number of amides is 1. The number of piperidine rings is 1. The third-order valence-corrected chi connectivity index (χ3v) is 9.14. The monoisotopic (exact) mass is 490 g/mol. The maximum absolute atomic E-state index is 13.3. The summed E-state index contributed by atoms with van der Waals surface area (Å²) in [5.41, 5.74) is 1.40. The molecule has 1 saturated carbocycles. The van der Waals surface area contributed by atoms with Crippen LogP contribution in [0.5, 0.6) is 0 Å². The van der Waals surface area contributed by atoms with Crippen LogP contribution in [0.4, 0.5) is 0 Å². The number of hydrogen-bond donors (Lipinski definition) is 1. The third-order valence-electron chi connectivity index (χ3n) is 7.28. The maximum Gasteiger partial charge on any atom is 0.243 e. The van der Waals surface area contributed by atoms with E-state index in [1.54, 1.807) is 22.9 Å². The van der Waals surface area contributed by atoms with Gasteiger partial charge in [0.05, 0.1) is 16.3 Å². The Kier molecular flexibility index (Phi) is 8.21. The zero-order valence-electron chi connectivity index (χ0n) is 20.4. The summed E-state index contributed by atoms with van der Waals surface area (Å²) < 4.78 is 29.9. The normalized spacial score (nSPS) is 20.7. The molecule has 0 spiro atoms. The van der Waals surface area contributed by atoms with Gasteiger partial charge in [0.1, 0.15) is 5.52 Å². The van der Waals surface area contributed by atoms with Crippen molar-refractivity contribution in [1.29, 1.82) is 0 Å². The number of nitrogens with zero attached hydrogens (tertiary/aromatic N) is 5. The summed E-state index contributed by atoms with van der Waals surface area (Å²) in [5, 5.41) is 11.3. The number of aryl methyl sites for hydroxylation is 1. The first-order valence-electron chi connectivity index (χ1n) is 12.7. The number of carbonyl (C=O) groups is 1. The molecule has 9 nitrogen and oxygen atoms in total. The fourth-order valence-corrected chi connectivity index (χ4v) is 6.76. The van der Waals surface area contributed by atoms with Crippen LogP contribution in [0.15, 0.2) is 23.1 Å². The molecule has 0 bridgehead atoms. The third kappa shape index (κ3) is 5.60. The highest BCUT2D eigenvalue weighted by atomic mass is 32.2. The van der Waals surface area contributed by atoms with Gasteiger partial charge in [0, 0.05) is 38.8 Å². The van der Waals surface area contributed by atoms with E-state index < -0.39 is 10.0 Å². The summed E-state index contributed by atoms with van der Waals surface area (Å²) in [6.07, 6.45) is 8.69. The van der Waals surface area contributed by atoms with Crippen LogP contribution in [-0.4, -0.2) is 77.8 Å². The molecule has 1 aliphatic heterocycles. The van der Waals surface area contributed by atoms with E-state index in [-0.39, 0.29) is 23.3 Å². The molecule has 188 valence electrons. The number of rotatable bonds is 9. The summed E-state index contributed by atoms with van der Waals surface area (Å²) in [6.45, 7) is 4.86. The minimum atomic E-state index is -3.70. The van der Waals surface area contributed by atoms with Gasteiger partial charge in [-0.1, -0.05) is 31.4 Å². The van der Waals surface area contributed by atoms with Crippen molar-refractivity contribution < 1.29 is 13.2 Å². The molecule has 1 saturated heterocycles. The first kappa shape index (κ1) is 25.1. The molecular formula is C24H38N6O3S. The summed E-state index contributed by atoms with van der Waals surface area (Å²) in [7, 11) is -1.57. The molecule has 4 rings (SSSR count). The molecule has 34 heavy (non-hydrogen) atoms. The van der Waals surface area contributed by atoms with E-state index in [1.807, 2.05) is 0 Å². The van der Waals surface area contributed by atoms with E-state index in [0.717, 1.165) is 25.0 Å². The Balaban J connectivity index is 1.34. The summed E-state index contributed by atoms with van der Waals surface area (Å²) >= 11 is 0. The molecular weight excluding hydrogens is 452 g/mol. The van der Waals surface area contributed by atoms with Crippen LogP contribution in [0.25, 0.3) is 11.0 Å². The highest BCUT2D eigenvalue weighted by Crippen LogP contribution is 2.26. The van der Waals surface area contributed by atoms with Gasteiger partial charge in [-0.15, -0.1) is 5.10 Å². The number of nitrogens with one attached hydrogen (secondary N) is 1. The molecule has 10 heteroatoms. The second-order valence-electron chi connectivity index (χ2n) is 9.73. The Morgan fingerprint density at radius 2 is 1.97 bits per heavy atom. The second kappa shape index (κ2) is 11.1. The lowest BCUT2D eigenvalue weighted by atomic mass is 9.94. The number of benzene rings is 1. The molecule has 1 amide bonds. The highest BCUT2D eigenvalue weighted by Gasteiger charge is 2.33. The summed E-state index contributed by atoms with van der Waals surface area (Å²) in [6, 6.07) is 5.60. The van der Waals surface area contributed by atoms with Crippen molar-refractivity contribution in [3.8, 4) is 0 Å². The van der Waals surface area contributed by atoms with Crippen molar-refractivity contribution >= 4 is 27.0 Å². The molecule has 1 aromatic heterocycles. The van der Waals surface area contributed by atoms with Crippen LogP contribution in [0.2, 0.25) is 0 Å². The SMILES string of the molecule is CCCn1nnc2cc(S(=O)(=O)N3CCCC(C(=O)NCCN(C)C4CCCCC4)C3)ccc21. The molecule has 1 atom stereocenters. The zero-order chi connectivity index (χ0) is 24.1. The Hall–Kier alpha value is -2.04. The fraction of sp³-hybridized carbons (Fsp3) is 0.708. The zero-order valence-corrected chi connectivity index (χ0v) is 21.3. The van der Waals surface area contributed by atoms with Crippen molar-refractivity contribution in [2.24, 2.45) is 5.92 Å². The van der Waals surface area contributed by atoms with Crippen LogP contribution >= 0.6 is 0 Å². The van der Waals surface area contributed by atoms with Crippen LogP contribution in [0.3, 0.4) is 0 Å². The van der Waals surface area contributed by atoms with E-state index in [0.29, 0.717) is 37.5 Å². The fourth-order valence-electron chi connectivity index (χ4n) is 5.22. The van der Waals surface area contributed by atoms with Gasteiger partial charge in [-0.3, -0.25) is 4.79 Å². The molecule has 1 aromatic carbocycles. The summed E-state index contributed by atoms with van der Waals surface area (Å²) in [5.74, 6) is -0.368. The maximum atomic E-state index is 13.3. The summed E-state index contributed by atoms with van der Waals surface area (Å²) in [4.78, 5) is 15.4. The number of sulfonamides is 1. The van der Waals surface area contributed by atoms with E-state index in [2.05, 4.69) is 34.5 Å². The minimum Gasteiger partial charge on any atom is -0.355 e. The first-order valence-corrected chi connectivity index (χ1v) is 14.2. The van der Waals surface area contributed by atoms with Crippen molar-refractivity contribution in [3.63, 3.8) is 0 Å². The number of likely N-dealkylation sites (N-methyl/N-ethyl adjacent to an activating group) is 1. The molecule has 1 unspecified atom stereocenters. The van der Waals surface area contributed by atoms with Crippen LogP contribution < -0.4 is 5.32 Å². The van der Waals surface area contributed by atoms with E-state index in [4.69, 9.17) is 0 Å². The molecule has 2 heterocycles. The van der Waals surface area contributed by atoms with E-state index in [9.17, 15) is 13.2 Å². The van der Waals surface area contributed by atoms with Gasteiger partial charge in [0.25, 0.3) is 0 Å².